The molecule has 1 saturated heterocycles. The number of hydrogen-bond donors (Lipinski definition) is 0. The highest BCUT2D eigenvalue weighted by Gasteiger charge is 2.24. The fourth-order valence-electron chi connectivity index (χ4n) is 3.97. The van der Waals surface area contributed by atoms with Crippen LogP contribution in [0.2, 0.25) is 0 Å². The van der Waals surface area contributed by atoms with Crippen LogP contribution in [0.1, 0.15) is 33.8 Å². The molecule has 3 heterocycles. The van der Waals surface area contributed by atoms with Gasteiger partial charge in [0.25, 0.3) is 5.91 Å². The Hall–Kier alpha value is -2.60. The predicted octanol–water partition coefficient (Wildman–Crippen LogP) is 3.13. The average Bonchev–Trinajstić information content (AvgIpc) is 3.06. The molecule has 0 N–H and O–H groups in total. The van der Waals surface area contributed by atoms with Crippen LogP contribution in [0.25, 0.3) is 10.9 Å². The van der Waals surface area contributed by atoms with Gasteiger partial charge >= 0.3 is 0 Å². The lowest BCUT2D eigenvalue weighted by molar-refractivity contribution is 0.0763. The van der Waals surface area contributed by atoms with Gasteiger partial charge in [0.2, 0.25) is 0 Å². The smallest absolute Gasteiger partial charge is 0.256 e. The summed E-state index contributed by atoms with van der Waals surface area (Å²) in [6.45, 7) is 8.15. The Balaban J connectivity index is 1.48. The van der Waals surface area contributed by atoms with Crippen molar-refractivity contribution in [3.8, 4) is 0 Å². The lowest BCUT2D eigenvalue weighted by atomic mass is 10.1. The van der Waals surface area contributed by atoms with Crippen LogP contribution in [0.5, 0.6) is 0 Å². The fraction of sp³-hybridized carbons (Fsp3) is 0.429. The Morgan fingerprint density at radius 1 is 1.15 bits per heavy atom. The number of aryl methyl sites for hydroxylation is 3. The van der Waals surface area contributed by atoms with E-state index in [0.29, 0.717) is 0 Å². The normalized spacial score (nSPS) is 16.0. The SMILES string of the molecule is Cc1noc(C)c1CN1CCCN(C(=O)c2cn(C)c3ccccc23)CC1. The topological polar surface area (TPSA) is 54.5 Å². The summed E-state index contributed by atoms with van der Waals surface area (Å²) in [6, 6.07) is 8.09. The Bertz CT molecular complexity index is 952. The van der Waals surface area contributed by atoms with Crippen molar-refractivity contribution in [3.63, 3.8) is 0 Å². The molecule has 0 radical (unpaired) electrons. The van der Waals surface area contributed by atoms with Crippen molar-refractivity contribution in [1.82, 2.24) is 19.5 Å². The van der Waals surface area contributed by atoms with Crippen LogP contribution in [0.3, 0.4) is 0 Å². The number of benzene rings is 1. The summed E-state index contributed by atoms with van der Waals surface area (Å²) >= 11 is 0. The van der Waals surface area contributed by atoms with Crippen LogP contribution in [-0.2, 0) is 13.6 Å². The lowest BCUT2D eigenvalue weighted by Gasteiger charge is -2.22. The first-order valence-corrected chi connectivity index (χ1v) is 9.52. The molecule has 0 aliphatic carbocycles. The molecule has 1 aliphatic rings. The van der Waals surface area contributed by atoms with Gasteiger partial charge in [-0.3, -0.25) is 9.69 Å². The predicted molar refractivity (Wildman–Crippen MR) is 105 cm³/mol. The highest BCUT2D eigenvalue weighted by Crippen LogP contribution is 2.23. The van der Waals surface area contributed by atoms with E-state index in [0.717, 1.165) is 67.1 Å². The molecular formula is C21H26N4O2. The van der Waals surface area contributed by atoms with Gasteiger partial charge in [0.1, 0.15) is 5.76 Å². The van der Waals surface area contributed by atoms with Crippen LogP contribution in [0.15, 0.2) is 35.0 Å². The van der Waals surface area contributed by atoms with E-state index in [4.69, 9.17) is 4.52 Å². The van der Waals surface area contributed by atoms with Crippen molar-refractivity contribution in [2.24, 2.45) is 7.05 Å². The number of rotatable bonds is 3. The molecule has 6 heteroatoms. The summed E-state index contributed by atoms with van der Waals surface area (Å²) in [4.78, 5) is 17.6. The second kappa shape index (κ2) is 7.19. The van der Waals surface area contributed by atoms with Gasteiger partial charge < -0.3 is 14.0 Å². The average molecular weight is 366 g/mol. The first kappa shape index (κ1) is 17.8. The molecule has 3 aromatic rings. The summed E-state index contributed by atoms with van der Waals surface area (Å²) in [7, 11) is 1.99. The first-order chi connectivity index (χ1) is 13.0. The molecule has 27 heavy (non-hydrogen) atoms. The Morgan fingerprint density at radius 3 is 2.74 bits per heavy atom. The monoisotopic (exact) mass is 366 g/mol. The zero-order valence-corrected chi connectivity index (χ0v) is 16.2. The van der Waals surface area contributed by atoms with Gasteiger partial charge in [0, 0.05) is 62.4 Å². The molecule has 0 saturated carbocycles. The standard InChI is InChI=1S/C21H26N4O2/c1-15-18(16(2)27-22-15)14-24-9-6-10-25(12-11-24)21(26)19-13-23(3)20-8-5-4-7-17(19)20/h4-5,7-8,13H,6,9-12,14H2,1-3H3. The van der Waals surface area contributed by atoms with E-state index in [9.17, 15) is 4.79 Å². The molecule has 1 aliphatic heterocycles. The van der Waals surface area contributed by atoms with Gasteiger partial charge in [0.05, 0.1) is 11.3 Å². The molecule has 1 aromatic carbocycles. The van der Waals surface area contributed by atoms with Crippen LogP contribution in [0, 0.1) is 13.8 Å². The maximum atomic E-state index is 13.2. The van der Waals surface area contributed by atoms with Crippen molar-refractivity contribution in [2.45, 2.75) is 26.8 Å². The molecule has 0 spiro atoms. The molecule has 1 fully saturated rings. The first-order valence-electron chi connectivity index (χ1n) is 9.52. The number of para-hydroxylation sites is 1. The lowest BCUT2D eigenvalue weighted by Crippen LogP contribution is -2.35. The van der Waals surface area contributed by atoms with Gasteiger partial charge in [-0.15, -0.1) is 0 Å². The number of amides is 1. The van der Waals surface area contributed by atoms with E-state index in [1.54, 1.807) is 0 Å². The third-order valence-electron chi connectivity index (χ3n) is 5.57. The Kier molecular flexibility index (Phi) is 4.74. The summed E-state index contributed by atoms with van der Waals surface area (Å²) in [5.74, 6) is 1.02. The fourth-order valence-corrected chi connectivity index (χ4v) is 3.97. The number of carbonyl (C=O) groups excluding carboxylic acids is 1. The number of carbonyl (C=O) groups is 1. The molecule has 1 amide bonds. The molecule has 6 nitrogen and oxygen atoms in total. The minimum atomic E-state index is 0.131. The molecule has 0 unspecified atom stereocenters. The molecule has 142 valence electrons. The summed E-state index contributed by atoms with van der Waals surface area (Å²) in [5, 5.41) is 5.08. The zero-order chi connectivity index (χ0) is 19.0. The van der Waals surface area contributed by atoms with Crippen molar-refractivity contribution >= 4 is 16.8 Å². The zero-order valence-electron chi connectivity index (χ0n) is 16.2. The van der Waals surface area contributed by atoms with Gasteiger partial charge in [-0.25, -0.2) is 0 Å². The van der Waals surface area contributed by atoms with Crippen molar-refractivity contribution in [1.29, 1.82) is 0 Å². The van der Waals surface area contributed by atoms with E-state index >= 15 is 0 Å². The van der Waals surface area contributed by atoms with Crippen LogP contribution in [0.4, 0.5) is 0 Å². The number of fused-ring (bicyclic) bond motifs is 1. The minimum Gasteiger partial charge on any atom is -0.361 e. The highest BCUT2D eigenvalue weighted by molar-refractivity contribution is 6.07. The van der Waals surface area contributed by atoms with Crippen LogP contribution >= 0.6 is 0 Å². The number of nitrogens with zero attached hydrogens (tertiary/aromatic N) is 4. The van der Waals surface area contributed by atoms with Gasteiger partial charge in [-0.2, -0.15) is 0 Å². The molecule has 4 rings (SSSR count). The Morgan fingerprint density at radius 2 is 1.96 bits per heavy atom. The van der Waals surface area contributed by atoms with E-state index in [-0.39, 0.29) is 5.91 Å². The van der Waals surface area contributed by atoms with Gasteiger partial charge in [-0.05, 0) is 26.3 Å². The second-order valence-corrected chi connectivity index (χ2v) is 7.40. The molecular weight excluding hydrogens is 340 g/mol. The van der Waals surface area contributed by atoms with E-state index in [1.807, 2.05) is 54.8 Å². The summed E-state index contributed by atoms with van der Waals surface area (Å²) < 4.78 is 7.32. The van der Waals surface area contributed by atoms with Crippen LogP contribution in [-0.4, -0.2) is 51.6 Å². The van der Waals surface area contributed by atoms with E-state index < -0.39 is 0 Å². The maximum absolute atomic E-state index is 13.2. The largest absolute Gasteiger partial charge is 0.361 e. The minimum absolute atomic E-state index is 0.131. The van der Waals surface area contributed by atoms with E-state index in [1.165, 1.54) is 5.56 Å². The third kappa shape index (κ3) is 3.37. The van der Waals surface area contributed by atoms with Gasteiger partial charge in [-0.1, -0.05) is 23.4 Å². The highest BCUT2D eigenvalue weighted by atomic mass is 16.5. The van der Waals surface area contributed by atoms with Crippen molar-refractivity contribution < 1.29 is 9.32 Å². The molecule has 2 aromatic heterocycles. The number of aromatic nitrogens is 2. The number of hydrogen-bond acceptors (Lipinski definition) is 4. The summed E-state index contributed by atoms with van der Waals surface area (Å²) in [5.41, 5.74) is 4.02. The van der Waals surface area contributed by atoms with E-state index in [2.05, 4.69) is 16.1 Å². The van der Waals surface area contributed by atoms with Crippen molar-refractivity contribution in [3.05, 3.63) is 53.0 Å². The van der Waals surface area contributed by atoms with Gasteiger partial charge in [0.15, 0.2) is 0 Å². The van der Waals surface area contributed by atoms with Crippen LogP contribution < -0.4 is 0 Å². The molecule has 0 atom stereocenters. The Labute approximate surface area is 159 Å². The summed E-state index contributed by atoms with van der Waals surface area (Å²) in [6.07, 6.45) is 2.93. The molecule has 0 bridgehead atoms. The van der Waals surface area contributed by atoms with Crippen molar-refractivity contribution in [2.75, 3.05) is 26.2 Å². The second-order valence-electron chi connectivity index (χ2n) is 7.40. The quantitative estimate of drug-likeness (QED) is 0.715. The third-order valence-corrected chi connectivity index (χ3v) is 5.57. The maximum Gasteiger partial charge on any atom is 0.256 e.